The van der Waals surface area contributed by atoms with E-state index in [2.05, 4.69) is 5.32 Å². The van der Waals surface area contributed by atoms with Gasteiger partial charge in [0.2, 0.25) is 5.91 Å². The summed E-state index contributed by atoms with van der Waals surface area (Å²) in [6, 6.07) is 9.97. The third kappa shape index (κ3) is 5.34. The molecular formula is C19H23FN2O3S3. The lowest BCUT2D eigenvalue weighted by atomic mass is 9.99. The highest BCUT2D eigenvalue weighted by Gasteiger charge is 2.33. The smallest absolute Gasteiger partial charge is 0.252 e. The lowest BCUT2D eigenvalue weighted by molar-refractivity contribution is -0.125. The summed E-state index contributed by atoms with van der Waals surface area (Å²) >= 11 is 2.74. The molecule has 0 aliphatic carbocycles. The van der Waals surface area contributed by atoms with Gasteiger partial charge < -0.3 is 5.32 Å². The fraction of sp³-hybridized carbons (Fsp3) is 0.421. The molecule has 1 aliphatic heterocycles. The van der Waals surface area contributed by atoms with Gasteiger partial charge in [0, 0.05) is 31.1 Å². The molecule has 1 fully saturated rings. The third-order valence-corrected chi connectivity index (χ3v) is 8.85. The molecule has 1 amide bonds. The second-order valence-electron chi connectivity index (χ2n) is 6.57. The topological polar surface area (TPSA) is 66.5 Å². The van der Waals surface area contributed by atoms with Crippen LogP contribution in [-0.2, 0) is 20.6 Å². The van der Waals surface area contributed by atoms with Crippen molar-refractivity contribution in [3.63, 3.8) is 0 Å². The maximum Gasteiger partial charge on any atom is 0.252 e. The fourth-order valence-electron chi connectivity index (χ4n) is 3.10. The molecule has 152 valence electrons. The third-order valence-electron chi connectivity index (χ3n) is 4.61. The number of sulfonamides is 1. The summed E-state index contributed by atoms with van der Waals surface area (Å²) in [6.07, 6.45) is 1.36. The highest BCUT2D eigenvalue weighted by atomic mass is 32.2. The zero-order valence-electron chi connectivity index (χ0n) is 15.3. The normalized spacial score (nSPS) is 18.1. The van der Waals surface area contributed by atoms with Gasteiger partial charge in [-0.1, -0.05) is 24.3 Å². The van der Waals surface area contributed by atoms with E-state index in [1.54, 1.807) is 47.5 Å². The van der Waals surface area contributed by atoms with Crippen LogP contribution in [0.2, 0.25) is 0 Å². The summed E-state index contributed by atoms with van der Waals surface area (Å²) in [5.74, 6) is 0.564. The molecule has 9 heteroatoms. The Morgan fingerprint density at radius 3 is 2.86 bits per heavy atom. The predicted molar refractivity (Wildman–Crippen MR) is 111 cm³/mol. The molecule has 0 bridgehead atoms. The average Bonchev–Trinajstić information content (AvgIpc) is 3.25. The summed E-state index contributed by atoms with van der Waals surface area (Å²) in [5.41, 5.74) is 0.653. The Balaban J connectivity index is 1.44. The minimum atomic E-state index is -3.52. The summed E-state index contributed by atoms with van der Waals surface area (Å²) in [7, 11) is -3.52. The van der Waals surface area contributed by atoms with Gasteiger partial charge in [-0.25, -0.2) is 12.8 Å². The largest absolute Gasteiger partial charge is 0.355 e. The number of rotatable bonds is 8. The van der Waals surface area contributed by atoms with Crippen LogP contribution in [0.5, 0.6) is 0 Å². The van der Waals surface area contributed by atoms with Gasteiger partial charge in [-0.2, -0.15) is 16.1 Å². The number of piperidine rings is 1. The second-order valence-corrected chi connectivity index (χ2v) is 10.8. The summed E-state index contributed by atoms with van der Waals surface area (Å²) in [6.45, 7) is 1.14. The van der Waals surface area contributed by atoms with E-state index >= 15 is 0 Å². The number of benzene rings is 1. The number of thioether (sulfide) groups is 1. The van der Waals surface area contributed by atoms with E-state index in [-0.39, 0.29) is 24.2 Å². The van der Waals surface area contributed by atoms with E-state index < -0.39 is 10.0 Å². The first-order valence-corrected chi connectivity index (χ1v) is 12.6. The van der Waals surface area contributed by atoms with Crippen LogP contribution in [0.3, 0.4) is 0 Å². The molecule has 3 rings (SSSR count). The number of hydrogen-bond donors (Lipinski definition) is 1. The van der Waals surface area contributed by atoms with Crippen LogP contribution in [-0.4, -0.2) is 44.0 Å². The van der Waals surface area contributed by atoms with Crippen molar-refractivity contribution in [2.24, 2.45) is 5.92 Å². The van der Waals surface area contributed by atoms with Crippen molar-refractivity contribution in [1.82, 2.24) is 9.62 Å². The van der Waals surface area contributed by atoms with E-state index in [4.69, 9.17) is 0 Å². The predicted octanol–water partition coefficient (Wildman–Crippen LogP) is 3.34. The molecule has 1 aromatic heterocycles. The molecule has 0 saturated carbocycles. The highest BCUT2D eigenvalue weighted by Crippen LogP contribution is 2.26. The number of nitrogens with zero attached hydrogens (tertiary/aromatic N) is 1. The van der Waals surface area contributed by atoms with Crippen molar-refractivity contribution in [2.45, 2.75) is 22.8 Å². The molecule has 2 aromatic rings. The molecule has 5 nitrogen and oxygen atoms in total. The van der Waals surface area contributed by atoms with Crippen molar-refractivity contribution < 1.29 is 17.6 Å². The quantitative estimate of drug-likeness (QED) is 0.637. The molecule has 1 saturated heterocycles. The van der Waals surface area contributed by atoms with Gasteiger partial charge in [-0.3, -0.25) is 4.79 Å². The van der Waals surface area contributed by atoms with Gasteiger partial charge in [0.05, 0.1) is 5.92 Å². The molecule has 1 aromatic carbocycles. The zero-order chi connectivity index (χ0) is 20.0. The summed E-state index contributed by atoms with van der Waals surface area (Å²) in [5, 5.41) is 4.62. The van der Waals surface area contributed by atoms with E-state index in [0.29, 0.717) is 47.2 Å². The highest BCUT2D eigenvalue weighted by molar-refractivity contribution is 7.98. The summed E-state index contributed by atoms with van der Waals surface area (Å²) < 4.78 is 40.6. The second kappa shape index (κ2) is 9.87. The van der Waals surface area contributed by atoms with Crippen LogP contribution in [0.15, 0.2) is 46.0 Å². The van der Waals surface area contributed by atoms with Crippen LogP contribution in [0.25, 0.3) is 0 Å². The first-order valence-electron chi connectivity index (χ1n) is 9.11. The number of nitrogens with one attached hydrogen (secondary N) is 1. The molecule has 1 atom stereocenters. The molecule has 0 spiro atoms. The minimum absolute atomic E-state index is 0.113. The van der Waals surface area contributed by atoms with E-state index in [1.165, 1.54) is 21.7 Å². The molecule has 0 unspecified atom stereocenters. The SMILES string of the molecule is O=C(NCCSCc1ccccc1F)[C@H]1CCCN(S(=O)(=O)c2cccs2)C1. The Bertz CT molecular complexity index is 888. The van der Waals surface area contributed by atoms with Gasteiger partial charge in [0.25, 0.3) is 10.0 Å². The lowest BCUT2D eigenvalue weighted by Gasteiger charge is -2.30. The number of thiophene rings is 1. The molecule has 0 radical (unpaired) electrons. The minimum Gasteiger partial charge on any atom is -0.355 e. The van der Waals surface area contributed by atoms with Crippen molar-refractivity contribution in [2.75, 3.05) is 25.4 Å². The van der Waals surface area contributed by atoms with Crippen LogP contribution in [0.1, 0.15) is 18.4 Å². The van der Waals surface area contributed by atoms with Crippen LogP contribution < -0.4 is 5.32 Å². The fourth-order valence-corrected chi connectivity index (χ4v) is 6.61. The zero-order valence-corrected chi connectivity index (χ0v) is 17.8. The number of carbonyl (C=O) groups excluding carboxylic acids is 1. The first kappa shape index (κ1) is 21.3. The lowest BCUT2D eigenvalue weighted by Crippen LogP contribution is -2.45. The molecule has 1 aliphatic rings. The molecule has 28 heavy (non-hydrogen) atoms. The van der Waals surface area contributed by atoms with E-state index in [1.807, 2.05) is 0 Å². The van der Waals surface area contributed by atoms with E-state index in [9.17, 15) is 17.6 Å². The monoisotopic (exact) mass is 442 g/mol. The molecule has 1 N–H and O–H groups in total. The molecule has 2 heterocycles. The Morgan fingerprint density at radius 2 is 2.11 bits per heavy atom. The van der Waals surface area contributed by atoms with Gasteiger partial charge in [0.1, 0.15) is 10.0 Å². The van der Waals surface area contributed by atoms with Gasteiger partial charge in [-0.05, 0) is 35.9 Å². The van der Waals surface area contributed by atoms with Gasteiger partial charge in [-0.15, -0.1) is 11.3 Å². The van der Waals surface area contributed by atoms with Crippen molar-refractivity contribution in [3.05, 3.63) is 53.2 Å². The number of amides is 1. The average molecular weight is 443 g/mol. The molecular weight excluding hydrogens is 419 g/mol. The van der Waals surface area contributed by atoms with Gasteiger partial charge >= 0.3 is 0 Å². The number of hydrogen-bond acceptors (Lipinski definition) is 5. The van der Waals surface area contributed by atoms with E-state index in [0.717, 1.165) is 0 Å². The van der Waals surface area contributed by atoms with Crippen LogP contribution in [0.4, 0.5) is 4.39 Å². The van der Waals surface area contributed by atoms with Crippen LogP contribution in [0, 0.1) is 11.7 Å². The standard InChI is InChI=1S/C19H23FN2O3S3/c20-17-7-2-1-5-16(17)14-26-12-9-21-19(23)15-6-3-10-22(13-15)28(24,25)18-8-4-11-27-18/h1-2,4-5,7-8,11,15H,3,6,9-10,12-14H2,(H,21,23)/t15-/m0/s1. The number of halogens is 1. The van der Waals surface area contributed by atoms with Crippen molar-refractivity contribution in [3.8, 4) is 0 Å². The maximum absolute atomic E-state index is 13.6. The Labute approximate surface area is 173 Å². The van der Waals surface area contributed by atoms with Gasteiger partial charge in [0.15, 0.2) is 0 Å². The maximum atomic E-state index is 13.6. The Kier molecular flexibility index (Phi) is 7.50. The summed E-state index contributed by atoms with van der Waals surface area (Å²) in [4.78, 5) is 12.4. The number of carbonyl (C=O) groups is 1. The Hall–Kier alpha value is -1.42. The first-order chi connectivity index (χ1) is 13.5. The van der Waals surface area contributed by atoms with Crippen molar-refractivity contribution >= 4 is 39.0 Å². The van der Waals surface area contributed by atoms with Crippen molar-refractivity contribution in [1.29, 1.82) is 0 Å². The van der Waals surface area contributed by atoms with Crippen LogP contribution >= 0.6 is 23.1 Å². The Morgan fingerprint density at radius 1 is 1.29 bits per heavy atom.